The lowest BCUT2D eigenvalue weighted by Gasteiger charge is -2.13. The van der Waals surface area contributed by atoms with E-state index in [0.29, 0.717) is 11.3 Å². The smallest absolute Gasteiger partial charge is 0.340 e. The van der Waals surface area contributed by atoms with E-state index in [1.54, 1.807) is 18.3 Å². The fraction of sp³-hybridized carbons (Fsp3) is 0.200. The largest absolute Gasteiger partial charge is 0.452 e. The Labute approximate surface area is 152 Å². The van der Waals surface area contributed by atoms with E-state index in [1.807, 2.05) is 67.0 Å². The van der Waals surface area contributed by atoms with Crippen LogP contribution in [0.25, 0.3) is 10.9 Å². The minimum Gasteiger partial charge on any atom is -0.452 e. The molecule has 1 aromatic heterocycles. The van der Waals surface area contributed by atoms with E-state index < -0.39 is 5.97 Å². The molecule has 0 aliphatic carbocycles. The number of para-hydroxylation sites is 1. The third-order valence-corrected chi connectivity index (χ3v) is 4.12. The number of nitrogens with one attached hydrogen (secondary N) is 1. The number of carbonyl (C=O) groups excluding carboxylic acids is 2. The molecule has 6 nitrogen and oxygen atoms in total. The van der Waals surface area contributed by atoms with Crippen LogP contribution in [-0.2, 0) is 16.6 Å². The molecular weight excluding hydrogens is 330 g/mol. The summed E-state index contributed by atoms with van der Waals surface area (Å²) in [5, 5.41) is 3.52. The van der Waals surface area contributed by atoms with Crippen LogP contribution < -0.4 is 10.2 Å². The van der Waals surface area contributed by atoms with E-state index in [4.69, 9.17) is 4.74 Å². The van der Waals surface area contributed by atoms with Gasteiger partial charge in [0.2, 0.25) is 0 Å². The molecule has 0 saturated carbocycles. The first-order valence-corrected chi connectivity index (χ1v) is 8.24. The van der Waals surface area contributed by atoms with Crippen LogP contribution in [0.4, 0.5) is 11.4 Å². The summed E-state index contributed by atoms with van der Waals surface area (Å²) in [5.41, 5.74) is 3.07. The molecule has 1 heterocycles. The number of aryl methyl sites for hydroxylation is 1. The maximum Gasteiger partial charge on any atom is 0.340 e. The number of hydrogen-bond acceptors (Lipinski definition) is 4. The molecule has 0 spiro atoms. The molecule has 0 bridgehead atoms. The number of esters is 1. The third kappa shape index (κ3) is 3.69. The molecule has 26 heavy (non-hydrogen) atoms. The zero-order chi connectivity index (χ0) is 18.7. The Kier molecular flexibility index (Phi) is 4.93. The normalized spacial score (nSPS) is 10.6. The minimum atomic E-state index is -0.514. The van der Waals surface area contributed by atoms with Crippen LogP contribution in [0.5, 0.6) is 0 Å². The summed E-state index contributed by atoms with van der Waals surface area (Å²) in [4.78, 5) is 26.3. The zero-order valence-electron chi connectivity index (χ0n) is 15.0. The number of rotatable bonds is 5. The van der Waals surface area contributed by atoms with Crippen LogP contribution in [-0.4, -0.2) is 37.1 Å². The number of benzene rings is 2. The molecule has 3 aromatic rings. The summed E-state index contributed by atoms with van der Waals surface area (Å²) in [6, 6.07) is 15.0. The van der Waals surface area contributed by atoms with E-state index in [2.05, 4.69) is 5.32 Å². The monoisotopic (exact) mass is 351 g/mol. The topological polar surface area (TPSA) is 63.6 Å². The Morgan fingerprint density at radius 3 is 2.46 bits per heavy atom. The van der Waals surface area contributed by atoms with Crippen molar-refractivity contribution in [3.8, 4) is 0 Å². The Morgan fingerprint density at radius 1 is 1.08 bits per heavy atom. The number of fused-ring (bicyclic) bond motifs is 1. The van der Waals surface area contributed by atoms with Crippen molar-refractivity contribution in [1.29, 1.82) is 0 Å². The second kappa shape index (κ2) is 7.31. The SMILES string of the molecule is CN(C)c1ccc(NC(=O)COC(=O)c2cn(C)c3ccccc23)cc1. The summed E-state index contributed by atoms with van der Waals surface area (Å²) in [6.07, 6.45) is 1.71. The number of anilines is 2. The van der Waals surface area contributed by atoms with Crippen molar-refractivity contribution >= 4 is 34.2 Å². The molecule has 0 aliphatic rings. The van der Waals surface area contributed by atoms with Gasteiger partial charge in [0.05, 0.1) is 5.56 Å². The fourth-order valence-electron chi connectivity index (χ4n) is 2.75. The number of ether oxygens (including phenoxy) is 1. The average Bonchev–Trinajstić information content (AvgIpc) is 2.97. The number of aromatic nitrogens is 1. The molecule has 1 amide bonds. The summed E-state index contributed by atoms with van der Waals surface area (Å²) >= 11 is 0. The van der Waals surface area contributed by atoms with Crippen LogP contribution in [0.15, 0.2) is 54.7 Å². The first kappa shape index (κ1) is 17.5. The number of hydrogen-bond donors (Lipinski definition) is 1. The van der Waals surface area contributed by atoms with Gasteiger partial charge in [0.25, 0.3) is 5.91 Å². The van der Waals surface area contributed by atoms with Gasteiger partial charge in [0.15, 0.2) is 6.61 Å². The van der Waals surface area contributed by atoms with Crippen LogP contribution >= 0.6 is 0 Å². The highest BCUT2D eigenvalue weighted by Gasteiger charge is 2.16. The van der Waals surface area contributed by atoms with Crippen molar-refractivity contribution in [2.75, 3.05) is 30.9 Å². The summed E-state index contributed by atoms with van der Waals surface area (Å²) < 4.78 is 7.03. The predicted octanol–water partition coefficient (Wildman–Crippen LogP) is 3.04. The zero-order valence-corrected chi connectivity index (χ0v) is 15.0. The summed E-state index contributed by atoms with van der Waals surface area (Å²) in [6.45, 7) is -0.336. The van der Waals surface area contributed by atoms with Gasteiger partial charge in [-0.25, -0.2) is 4.79 Å². The van der Waals surface area contributed by atoms with Crippen LogP contribution in [0.3, 0.4) is 0 Å². The van der Waals surface area contributed by atoms with Gasteiger partial charge in [-0.2, -0.15) is 0 Å². The van der Waals surface area contributed by atoms with Gasteiger partial charge >= 0.3 is 5.97 Å². The Balaban J connectivity index is 1.61. The second-order valence-corrected chi connectivity index (χ2v) is 6.24. The van der Waals surface area contributed by atoms with Crippen molar-refractivity contribution in [3.63, 3.8) is 0 Å². The highest BCUT2D eigenvalue weighted by molar-refractivity contribution is 6.05. The van der Waals surface area contributed by atoms with E-state index in [0.717, 1.165) is 16.6 Å². The lowest BCUT2D eigenvalue weighted by molar-refractivity contribution is -0.119. The quantitative estimate of drug-likeness (QED) is 0.718. The number of carbonyl (C=O) groups is 2. The standard InChI is InChI=1S/C20H21N3O3/c1-22(2)15-10-8-14(9-11-15)21-19(24)13-26-20(25)17-12-23(3)18-7-5-4-6-16(17)18/h4-12H,13H2,1-3H3,(H,21,24). The average molecular weight is 351 g/mol. The van der Waals surface area contributed by atoms with Gasteiger partial charge in [-0.1, -0.05) is 18.2 Å². The molecule has 0 aliphatic heterocycles. The van der Waals surface area contributed by atoms with Gasteiger partial charge in [0.1, 0.15) is 0 Å². The van der Waals surface area contributed by atoms with Crippen molar-refractivity contribution in [3.05, 3.63) is 60.3 Å². The van der Waals surface area contributed by atoms with Gasteiger partial charge in [-0.05, 0) is 30.3 Å². The van der Waals surface area contributed by atoms with Gasteiger partial charge in [-0.15, -0.1) is 0 Å². The molecular formula is C20H21N3O3. The highest BCUT2D eigenvalue weighted by atomic mass is 16.5. The van der Waals surface area contributed by atoms with Gasteiger partial charge in [0, 0.05) is 49.6 Å². The molecule has 3 rings (SSSR count). The molecule has 0 radical (unpaired) electrons. The summed E-state index contributed by atoms with van der Waals surface area (Å²) in [5.74, 6) is -0.893. The molecule has 0 unspecified atom stereocenters. The van der Waals surface area contributed by atoms with E-state index >= 15 is 0 Å². The van der Waals surface area contributed by atoms with Crippen molar-refractivity contribution < 1.29 is 14.3 Å². The number of amides is 1. The Hall–Kier alpha value is -3.28. The van der Waals surface area contributed by atoms with Gasteiger partial charge in [-0.3, -0.25) is 4.79 Å². The molecule has 134 valence electrons. The van der Waals surface area contributed by atoms with Crippen LogP contribution in [0.2, 0.25) is 0 Å². The van der Waals surface area contributed by atoms with Crippen LogP contribution in [0.1, 0.15) is 10.4 Å². The van der Waals surface area contributed by atoms with Crippen LogP contribution in [0, 0.1) is 0 Å². The van der Waals surface area contributed by atoms with E-state index in [9.17, 15) is 9.59 Å². The lowest BCUT2D eigenvalue weighted by Crippen LogP contribution is -2.21. The minimum absolute atomic E-state index is 0.336. The third-order valence-electron chi connectivity index (χ3n) is 4.12. The predicted molar refractivity (Wildman–Crippen MR) is 103 cm³/mol. The molecule has 0 fully saturated rings. The second-order valence-electron chi connectivity index (χ2n) is 6.24. The van der Waals surface area contributed by atoms with E-state index in [-0.39, 0.29) is 12.5 Å². The lowest BCUT2D eigenvalue weighted by atomic mass is 10.2. The highest BCUT2D eigenvalue weighted by Crippen LogP contribution is 2.21. The molecule has 1 N–H and O–H groups in total. The molecule has 0 saturated heterocycles. The fourth-order valence-corrected chi connectivity index (χ4v) is 2.75. The maximum atomic E-state index is 12.3. The number of nitrogens with zero attached hydrogens (tertiary/aromatic N) is 2. The first-order chi connectivity index (χ1) is 12.5. The first-order valence-electron chi connectivity index (χ1n) is 8.24. The van der Waals surface area contributed by atoms with E-state index in [1.165, 1.54) is 0 Å². The molecule has 2 aromatic carbocycles. The molecule has 0 atom stereocenters. The van der Waals surface area contributed by atoms with Crippen molar-refractivity contribution in [1.82, 2.24) is 4.57 Å². The van der Waals surface area contributed by atoms with Crippen molar-refractivity contribution in [2.45, 2.75) is 0 Å². The van der Waals surface area contributed by atoms with Gasteiger partial charge < -0.3 is 19.5 Å². The molecule has 6 heteroatoms. The Morgan fingerprint density at radius 2 is 1.77 bits per heavy atom. The van der Waals surface area contributed by atoms with Crippen molar-refractivity contribution in [2.24, 2.45) is 7.05 Å². The summed E-state index contributed by atoms with van der Waals surface area (Å²) in [7, 11) is 5.75. The Bertz CT molecular complexity index is 943. The maximum absolute atomic E-state index is 12.3.